The van der Waals surface area contributed by atoms with E-state index in [2.05, 4.69) is 16.4 Å². The first-order valence-electron chi connectivity index (χ1n) is 7.78. The largest absolute Gasteiger partial charge is 0.505 e. The number of hydrogen-bond donors (Lipinski definition) is 3. The standard InChI is InChI=1S/C18H20FN3O.HI/c19-15-10-12(8-9-17(15)23)11-21-18(20)22-16-7-3-5-13-4-1-2-6-14(13)16;/h3,5,7-10,23H,1-2,4,6,11H2,(H3,20,21,22);1H. The maximum Gasteiger partial charge on any atom is 0.193 e. The number of halogens is 2. The molecule has 0 bridgehead atoms. The Hall–Kier alpha value is -1.83. The Labute approximate surface area is 158 Å². The smallest absolute Gasteiger partial charge is 0.193 e. The number of hydrogen-bond acceptors (Lipinski definition) is 2. The number of guanidine groups is 1. The van der Waals surface area contributed by atoms with Gasteiger partial charge in [-0.25, -0.2) is 9.38 Å². The van der Waals surface area contributed by atoms with E-state index >= 15 is 0 Å². The molecule has 0 saturated carbocycles. The van der Waals surface area contributed by atoms with Crippen molar-refractivity contribution in [1.29, 1.82) is 0 Å². The van der Waals surface area contributed by atoms with Gasteiger partial charge in [0.2, 0.25) is 0 Å². The quantitative estimate of drug-likeness (QED) is 0.384. The van der Waals surface area contributed by atoms with E-state index in [9.17, 15) is 9.50 Å². The van der Waals surface area contributed by atoms with Gasteiger partial charge in [0, 0.05) is 5.69 Å². The molecule has 0 aliphatic heterocycles. The monoisotopic (exact) mass is 441 g/mol. The lowest BCUT2D eigenvalue weighted by Gasteiger charge is -2.19. The van der Waals surface area contributed by atoms with Crippen LogP contribution in [0.15, 0.2) is 41.4 Å². The number of anilines is 1. The summed E-state index contributed by atoms with van der Waals surface area (Å²) >= 11 is 0. The molecule has 0 amide bonds. The van der Waals surface area contributed by atoms with Gasteiger partial charge in [0.1, 0.15) is 0 Å². The molecule has 24 heavy (non-hydrogen) atoms. The molecule has 128 valence electrons. The fraction of sp³-hybridized carbons (Fsp3) is 0.278. The number of nitrogens with two attached hydrogens (primary N) is 1. The summed E-state index contributed by atoms with van der Waals surface area (Å²) < 4.78 is 13.3. The summed E-state index contributed by atoms with van der Waals surface area (Å²) in [5.74, 6) is -0.710. The van der Waals surface area contributed by atoms with E-state index in [4.69, 9.17) is 5.73 Å². The SMILES string of the molecule is I.NC(=NCc1ccc(O)c(F)c1)Nc1cccc2c1CCCC2. The van der Waals surface area contributed by atoms with Crippen molar-refractivity contribution in [3.63, 3.8) is 0 Å². The van der Waals surface area contributed by atoms with Crippen molar-refractivity contribution >= 4 is 35.6 Å². The molecule has 6 heteroatoms. The van der Waals surface area contributed by atoms with Crippen LogP contribution in [0.3, 0.4) is 0 Å². The third-order valence-electron chi connectivity index (χ3n) is 4.10. The minimum absolute atomic E-state index is 0. The van der Waals surface area contributed by atoms with Crippen LogP contribution in [0.4, 0.5) is 10.1 Å². The highest BCUT2D eigenvalue weighted by molar-refractivity contribution is 14.0. The van der Waals surface area contributed by atoms with Gasteiger partial charge in [-0.15, -0.1) is 24.0 Å². The molecule has 0 spiro atoms. The first kappa shape index (κ1) is 18.5. The number of aliphatic imine (C=N–C) groups is 1. The van der Waals surface area contributed by atoms with Crippen LogP contribution in [0.1, 0.15) is 29.5 Å². The number of phenolic OH excluding ortho intramolecular Hbond substituents is 1. The van der Waals surface area contributed by atoms with Crippen LogP contribution in [0.25, 0.3) is 0 Å². The van der Waals surface area contributed by atoms with E-state index in [0.717, 1.165) is 18.5 Å². The van der Waals surface area contributed by atoms with Crippen LogP contribution >= 0.6 is 24.0 Å². The van der Waals surface area contributed by atoms with E-state index in [-0.39, 0.29) is 36.3 Å². The Balaban J connectivity index is 0.00000208. The molecule has 0 radical (unpaired) electrons. The first-order chi connectivity index (χ1) is 11.1. The third-order valence-corrected chi connectivity index (χ3v) is 4.10. The van der Waals surface area contributed by atoms with Gasteiger partial charge in [0.25, 0.3) is 0 Å². The average molecular weight is 441 g/mol. The number of benzene rings is 2. The van der Waals surface area contributed by atoms with Crippen molar-refractivity contribution in [2.75, 3.05) is 5.32 Å². The zero-order valence-corrected chi connectivity index (χ0v) is 15.6. The van der Waals surface area contributed by atoms with Crippen molar-refractivity contribution in [2.24, 2.45) is 10.7 Å². The van der Waals surface area contributed by atoms with Crippen LogP contribution in [-0.4, -0.2) is 11.1 Å². The Morgan fingerprint density at radius 2 is 2.00 bits per heavy atom. The van der Waals surface area contributed by atoms with Gasteiger partial charge in [0.05, 0.1) is 6.54 Å². The third kappa shape index (κ3) is 4.37. The number of aromatic hydroxyl groups is 1. The van der Waals surface area contributed by atoms with Gasteiger partial charge in [-0.2, -0.15) is 0 Å². The molecular weight excluding hydrogens is 420 g/mol. The van der Waals surface area contributed by atoms with Crippen LogP contribution < -0.4 is 11.1 Å². The van der Waals surface area contributed by atoms with Crippen LogP contribution in [0.2, 0.25) is 0 Å². The molecule has 0 saturated heterocycles. The predicted molar refractivity (Wildman–Crippen MR) is 106 cm³/mol. The average Bonchev–Trinajstić information content (AvgIpc) is 2.56. The molecule has 4 N–H and O–H groups in total. The maximum atomic E-state index is 13.3. The molecule has 0 fully saturated rings. The van der Waals surface area contributed by atoms with E-state index in [1.54, 1.807) is 6.07 Å². The van der Waals surface area contributed by atoms with Crippen molar-refractivity contribution in [3.8, 4) is 5.75 Å². The number of fused-ring (bicyclic) bond motifs is 1. The number of phenols is 1. The summed E-state index contributed by atoms with van der Waals surface area (Å²) in [7, 11) is 0. The molecule has 0 atom stereocenters. The summed E-state index contributed by atoms with van der Waals surface area (Å²) in [4.78, 5) is 4.24. The first-order valence-corrected chi connectivity index (χ1v) is 7.78. The molecule has 1 aliphatic rings. The van der Waals surface area contributed by atoms with Gasteiger partial charge < -0.3 is 16.2 Å². The Morgan fingerprint density at radius 1 is 1.21 bits per heavy atom. The predicted octanol–water partition coefficient (Wildman–Crippen LogP) is 3.95. The van der Waals surface area contributed by atoms with E-state index < -0.39 is 5.82 Å². The molecule has 0 unspecified atom stereocenters. The second kappa shape index (κ2) is 8.32. The van der Waals surface area contributed by atoms with Crippen LogP contribution in [0.5, 0.6) is 5.75 Å². The topological polar surface area (TPSA) is 70.6 Å². The second-order valence-electron chi connectivity index (χ2n) is 5.76. The van der Waals surface area contributed by atoms with Crippen molar-refractivity contribution in [3.05, 3.63) is 58.9 Å². The highest BCUT2D eigenvalue weighted by atomic mass is 127. The molecule has 2 aromatic carbocycles. The Kier molecular flexibility index (Phi) is 6.42. The number of rotatable bonds is 3. The van der Waals surface area contributed by atoms with Gasteiger partial charge in [-0.1, -0.05) is 18.2 Å². The fourth-order valence-electron chi connectivity index (χ4n) is 2.90. The Bertz CT molecular complexity index is 749. The van der Waals surface area contributed by atoms with E-state index in [0.29, 0.717) is 11.5 Å². The zero-order chi connectivity index (χ0) is 16.2. The molecule has 2 aromatic rings. The second-order valence-corrected chi connectivity index (χ2v) is 5.76. The maximum absolute atomic E-state index is 13.3. The van der Waals surface area contributed by atoms with Gasteiger partial charge in [-0.3, -0.25) is 0 Å². The summed E-state index contributed by atoms with van der Waals surface area (Å²) in [5, 5.41) is 12.3. The fourth-order valence-corrected chi connectivity index (χ4v) is 2.90. The summed E-state index contributed by atoms with van der Waals surface area (Å²) in [6, 6.07) is 10.4. The lowest BCUT2D eigenvalue weighted by Crippen LogP contribution is -2.24. The van der Waals surface area contributed by atoms with E-state index in [1.807, 2.05) is 12.1 Å². The van der Waals surface area contributed by atoms with Gasteiger partial charge in [0.15, 0.2) is 17.5 Å². The van der Waals surface area contributed by atoms with Gasteiger partial charge >= 0.3 is 0 Å². The van der Waals surface area contributed by atoms with E-state index in [1.165, 1.54) is 36.1 Å². The molecule has 0 heterocycles. The number of nitrogens with zero attached hydrogens (tertiary/aromatic N) is 1. The molecule has 4 nitrogen and oxygen atoms in total. The molecule has 3 rings (SSSR count). The lowest BCUT2D eigenvalue weighted by atomic mass is 9.90. The summed E-state index contributed by atoms with van der Waals surface area (Å²) in [6.07, 6.45) is 4.58. The normalized spacial score (nSPS) is 13.8. The minimum Gasteiger partial charge on any atom is -0.505 e. The van der Waals surface area contributed by atoms with Crippen molar-refractivity contribution in [1.82, 2.24) is 0 Å². The summed E-state index contributed by atoms with van der Waals surface area (Å²) in [5.41, 5.74) is 10.3. The Morgan fingerprint density at radius 3 is 2.79 bits per heavy atom. The van der Waals surface area contributed by atoms with Crippen LogP contribution in [0, 0.1) is 5.82 Å². The lowest BCUT2D eigenvalue weighted by molar-refractivity contribution is 0.432. The molecule has 1 aliphatic carbocycles. The van der Waals surface area contributed by atoms with Crippen LogP contribution in [-0.2, 0) is 19.4 Å². The zero-order valence-electron chi connectivity index (χ0n) is 13.3. The molecular formula is C18H21FIN3O. The minimum atomic E-state index is -0.652. The highest BCUT2D eigenvalue weighted by Gasteiger charge is 2.13. The summed E-state index contributed by atoms with van der Waals surface area (Å²) in [6.45, 7) is 0.255. The number of nitrogens with one attached hydrogen (secondary N) is 1. The highest BCUT2D eigenvalue weighted by Crippen LogP contribution is 2.27. The molecule has 0 aromatic heterocycles. The number of aryl methyl sites for hydroxylation is 1. The van der Waals surface area contributed by atoms with Gasteiger partial charge in [-0.05, 0) is 60.6 Å². The van der Waals surface area contributed by atoms with Crippen molar-refractivity contribution < 1.29 is 9.50 Å². The van der Waals surface area contributed by atoms with Crippen molar-refractivity contribution in [2.45, 2.75) is 32.2 Å².